The Morgan fingerprint density at radius 1 is 1.44 bits per heavy atom. The van der Waals surface area contributed by atoms with Gasteiger partial charge in [0.15, 0.2) is 0 Å². The summed E-state index contributed by atoms with van der Waals surface area (Å²) in [5.74, 6) is 0. The van der Waals surface area contributed by atoms with Crippen molar-refractivity contribution in [1.29, 1.82) is 0 Å². The number of nitrogens with zero attached hydrogens (tertiary/aromatic N) is 3. The van der Waals surface area contributed by atoms with Crippen molar-refractivity contribution in [1.82, 2.24) is 4.90 Å². The molecular formula is C12H18N4O2. The lowest BCUT2D eigenvalue weighted by Crippen LogP contribution is -2.50. The third kappa shape index (κ3) is 2.38. The normalized spacial score (nSPS) is 21.0. The second-order valence-electron chi connectivity index (χ2n) is 4.78. The SMILES string of the molecule is CC1CN(c2ccc([N+](=O)[O-])cc2N)CCN1C. The van der Waals surface area contributed by atoms with E-state index in [0.717, 1.165) is 25.3 Å². The molecule has 6 heteroatoms. The number of nitrogen functional groups attached to an aromatic ring is 1. The van der Waals surface area contributed by atoms with E-state index in [2.05, 4.69) is 23.8 Å². The maximum absolute atomic E-state index is 10.7. The molecule has 1 atom stereocenters. The smallest absolute Gasteiger partial charge is 0.271 e. The van der Waals surface area contributed by atoms with Gasteiger partial charge in [0.25, 0.3) is 5.69 Å². The number of hydrogen-bond donors (Lipinski definition) is 1. The Bertz CT molecular complexity index is 463. The van der Waals surface area contributed by atoms with Crippen molar-refractivity contribution in [3.05, 3.63) is 28.3 Å². The molecule has 1 aromatic carbocycles. The highest BCUT2D eigenvalue weighted by molar-refractivity contribution is 5.70. The van der Waals surface area contributed by atoms with E-state index in [1.165, 1.54) is 12.1 Å². The van der Waals surface area contributed by atoms with E-state index < -0.39 is 4.92 Å². The number of rotatable bonds is 2. The number of benzene rings is 1. The molecule has 1 aliphatic rings. The maximum atomic E-state index is 10.7. The molecule has 1 aromatic rings. The summed E-state index contributed by atoms with van der Waals surface area (Å²) in [7, 11) is 2.10. The van der Waals surface area contributed by atoms with Crippen LogP contribution in [0.3, 0.4) is 0 Å². The highest BCUT2D eigenvalue weighted by Gasteiger charge is 2.22. The molecule has 1 unspecified atom stereocenters. The Balaban J connectivity index is 2.21. The molecule has 6 nitrogen and oxygen atoms in total. The molecule has 0 amide bonds. The molecule has 1 heterocycles. The molecule has 1 saturated heterocycles. The fourth-order valence-electron chi connectivity index (χ4n) is 2.21. The third-order valence-corrected chi connectivity index (χ3v) is 3.52. The van der Waals surface area contributed by atoms with Crippen molar-refractivity contribution >= 4 is 17.1 Å². The Morgan fingerprint density at radius 3 is 2.72 bits per heavy atom. The Hall–Kier alpha value is -1.82. The summed E-state index contributed by atoms with van der Waals surface area (Å²) in [4.78, 5) is 14.7. The Labute approximate surface area is 106 Å². The van der Waals surface area contributed by atoms with Crippen molar-refractivity contribution in [3.63, 3.8) is 0 Å². The zero-order valence-electron chi connectivity index (χ0n) is 10.7. The summed E-state index contributed by atoms with van der Waals surface area (Å²) in [6, 6.07) is 5.13. The number of nitro groups is 1. The van der Waals surface area contributed by atoms with Gasteiger partial charge < -0.3 is 15.5 Å². The van der Waals surface area contributed by atoms with Gasteiger partial charge in [0.05, 0.1) is 16.3 Å². The zero-order valence-corrected chi connectivity index (χ0v) is 10.7. The van der Waals surface area contributed by atoms with Gasteiger partial charge >= 0.3 is 0 Å². The molecule has 0 saturated carbocycles. The van der Waals surface area contributed by atoms with Crippen LogP contribution in [0.4, 0.5) is 17.1 Å². The molecule has 0 radical (unpaired) electrons. The summed E-state index contributed by atoms with van der Waals surface area (Å²) in [6.45, 7) is 4.91. The standard InChI is InChI=1S/C12H18N4O2/c1-9-8-15(6-5-14(9)2)12-4-3-10(16(17)18)7-11(12)13/h3-4,7,9H,5-6,8,13H2,1-2H3. The van der Waals surface area contributed by atoms with Crippen LogP contribution < -0.4 is 10.6 Å². The molecule has 2 rings (SSSR count). The summed E-state index contributed by atoms with van der Waals surface area (Å²) in [5.41, 5.74) is 7.31. The lowest BCUT2D eigenvalue weighted by molar-refractivity contribution is -0.384. The molecule has 0 spiro atoms. The van der Waals surface area contributed by atoms with Crippen LogP contribution in [0.25, 0.3) is 0 Å². The molecule has 0 bridgehead atoms. The minimum absolute atomic E-state index is 0.0402. The van der Waals surface area contributed by atoms with Gasteiger partial charge in [-0.15, -0.1) is 0 Å². The van der Waals surface area contributed by atoms with Crippen LogP contribution in [-0.4, -0.2) is 42.5 Å². The largest absolute Gasteiger partial charge is 0.397 e. The average molecular weight is 250 g/mol. The van der Waals surface area contributed by atoms with Gasteiger partial charge in [0, 0.05) is 37.8 Å². The fraction of sp³-hybridized carbons (Fsp3) is 0.500. The van der Waals surface area contributed by atoms with E-state index in [0.29, 0.717) is 11.7 Å². The maximum Gasteiger partial charge on any atom is 0.271 e. The first-order valence-corrected chi connectivity index (χ1v) is 5.98. The molecule has 0 aromatic heterocycles. The van der Waals surface area contributed by atoms with Crippen molar-refractivity contribution in [2.75, 3.05) is 37.3 Å². The van der Waals surface area contributed by atoms with E-state index >= 15 is 0 Å². The first-order valence-electron chi connectivity index (χ1n) is 5.98. The second kappa shape index (κ2) is 4.81. The van der Waals surface area contributed by atoms with E-state index in [9.17, 15) is 10.1 Å². The summed E-state index contributed by atoms with van der Waals surface area (Å²) in [6.07, 6.45) is 0. The van der Waals surface area contributed by atoms with Gasteiger partial charge in [-0.25, -0.2) is 0 Å². The summed E-state index contributed by atoms with van der Waals surface area (Å²) in [5, 5.41) is 10.7. The predicted molar refractivity (Wildman–Crippen MR) is 71.8 cm³/mol. The van der Waals surface area contributed by atoms with Crippen LogP contribution in [-0.2, 0) is 0 Å². The third-order valence-electron chi connectivity index (χ3n) is 3.52. The molecule has 2 N–H and O–H groups in total. The molecule has 98 valence electrons. The van der Waals surface area contributed by atoms with E-state index in [-0.39, 0.29) is 5.69 Å². The van der Waals surface area contributed by atoms with E-state index in [1.807, 2.05) is 0 Å². The number of non-ortho nitro benzene ring substituents is 1. The number of piperazine rings is 1. The number of hydrogen-bond acceptors (Lipinski definition) is 5. The molecule has 1 aliphatic heterocycles. The van der Waals surface area contributed by atoms with Crippen LogP contribution in [0, 0.1) is 10.1 Å². The van der Waals surface area contributed by atoms with Gasteiger partial charge in [0.1, 0.15) is 0 Å². The van der Waals surface area contributed by atoms with Crippen molar-refractivity contribution < 1.29 is 4.92 Å². The number of likely N-dealkylation sites (N-methyl/N-ethyl adjacent to an activating group) is 1. The van der Waals surface area contributed by atoms with Gasteiger partial charge in [-0.05, 0) is 20.0 Å². The van der Waals surface area contributed by atoms with Crippen molar-refractivity contribution in [2.45, 2.75) is 13.0 Å². The quantitative estimate of drug-likeness (QED) is 0.486. The van der Waals surface area contributed by atoms with Crippen molar-refractivity contribution in [2.24, 2.45) is 0 Å². The lowest BCUT2D eigenvalue weighted by atomic mass is 10.1. The highest BCUT2D eigenvalue weighted by atomic mass is 16.6. The monoisotopic (exact) mass is 250 g/mol. The number of anilines is 2. The second-order valence-corrected chi connectivity index (χ2v) is 4.78. The van der Waals surface area contributed by atoms with Crippen LogP contribution in [0.15, 0.2) is 18.2 Å². The number of nitrogens with two attached hydrogens (primary N) is 1. The van der Waals surface area contributed by atoms with E-state index in [1.54, 1.807) is 6.07 Å². The van der Waals surface area contributed by atoms with Gasteiger partial charge in [-0.1, -0.05) is 0 Å². The van der Waals surface area contributed by atoms with Gasteiger partial charge in [-0.2, -0.15) is 0 Å². The minimum Gasteiger partial charge on any atom is -0.397 e. The molecular weight excluding hydrogens is 232 g/mol. The molecule has 0 aliphatic carbocycles. The first-order chi connectivity index (χ1) is 8.49. The van der Waals surface area contributed by atoms with Crippen LogP contribution >= 0.6 is 0 Å². The van der Waals surface area contributed by atoms with Gasteiger partial charge in [-0.3, -0.25) is 10.1 Å². The van der Waals surface area contributed by atoms with Crippen LogP contribution in [0.2, 0.25) is 0 Å². The summed E-state index contributed by atoms with van der Waals surface area (Å²) >= 11 is 0. The Kier molecular flexibility index (Phi) is 3.38. The fourth-order valence-corrected chi connectivity index (χ4v) is 2.21. The predicted octanol–water partition coefficient (Wildman–Crippen LogP) is 1.32. The Morgan fingerprint density at radius 2 is 2.17 bits per heavy atom. The van der Waals surface area contributed by atoms with Gasteiger partial charge in [0.2, 0.25) is 0 Å². The van der Waals surface area contributed by atoms with Crippen molar-refractivity contribution in [3.8, 4) is 0 Å². The van der Waals surface area contributed by atoms with E-state index in [4.69, 9.17) is 5.73 Å². The molecule has 18 heavy (non-hydrogen) atoms. The molecule has 1 fully saturated rings. The van der Waals surface area contributed by atoms with Crippen LogP contribution in [0.1, 0.15) is 6.92 Å². The highest BCUT2D eigenvalue weighted by Crippen LogP contribution is 2.29. The topological polar surface area (TPSA) is 75.6 Å². The zero-order chi connectivity index (χ0) is 13.3. The minimum atomic E-state index is -0.424. The summed E-state index contributed by atoms with van der Waals surface area (Å²) < 4.78 is 0. The lowest BCUT2D eigenvalue weighted by Gasteiger charge is -2.39. The van der Waals surface area contributed by atoms with Crippen LogP contribution in [0.5, 0.6) is 0 Å². The first kappa shape index (κ1) is 12.6. The average Bonchev–Trinajstić information content (AvgIpc) is 2.32. The number of nitro benzene ring substituents is 1.